The average molecular weight is 308 g/mol. The Bertz CT molecular complexity index is 697. The molecule has 0 amide bonds. The molecule has 1 unspecified atom stereocenters. The van der Waals surface area contributed by atoms with Crippen molar-refractivity contribution in [3.8, 4) is 0 Å². The Balaban J connectivity index is 1.72. The lowest BCUT2D eigenvalue weighted by atomic mass is 9.89. The van der Waals surface area contributed by atoms with Crippen LogP contribution in [0.5, 0.6) is 0 Å². The van der Waals surface area contributed by atoms with Crippen molar-refractivity contribution in [2.24, 2.45) is 0 Å². The van der Waals surface area contributed by atoms with Crippen LogP contribution in [0.2, 0.25) is 0 Å². The molecule has 1 atom stereocenters. The molecule has 1 heterocycles. The van der Waals surface area contributed by atoms with Crippen LogP contribution in [0, 0.1) is 5.41 Å². The van der Waals surface area contributed by atoms with Gasteiger partial charge in [-0.3, -0.25) is 0 Å². The van der Waals surface area contributed by atoms with Crippen LogP contribution < -0.4 is 10.6 Å². The molecule has 0 saturated heterocycles. The zero-order chi connectivity index (χ0) is 16.1. The summed E-state index contributed by atoms with van der Waals surface area (Å²) < 4.78 is 0. The zero-order valence-corrected chi connectivity index (χ0v) is 12.8. The van der Waals surface area contributed by atoms with Crippen molar-refractivity contribution < 1.29 is 5.11 Å². The van der Waals surface area contributed by atoms with E-state index < -0.39 is 0 Å². The van der Waals surface area contributed by atoms with Crippen LogP contribution in [0.3, 0.4) is 0 Å². The monoisotopic (exact) mass is 308 g/mol. The Morgan fingerprint density at radius 1 is 1.13 bits per heavy atom. The van der Waals surface area contributed by atoms with Gasteiger partial charge < -0.3 is 21.1 Å². The summed E-state index contributed by atoms with van der Waals surface area (Å²) in [5.41, 5.74) is 2.19. The Morgan fingerprint density at radius 2 is 1.91 bits per heavy atom. The maximum absolute atomic E-state index is 10.3. The highest BCUT2D eigenvalue weighted by Crippen LogP contribution is 2.26. The fourth-order valence-electron chi connectivity index (χ4n) is 2.71. The third kappa shape index (κ3) is 3.88. The number of benzene rings is 1. The second kappa shape index (κ2) is 6.96. The molecule has 4 N–H and O–H groups in total. The Morgan fingerprint density at radius 3 is 2.65 bits per heavy atom. The van der Waals surface area contributed by atoms with Crippen molar-refractivity contribution in [1.82, 2.24) is 4.98 Å². The van der Waals surface area contributed by atoms with Crippen molar-refractivity contribution in [2.75, 3.05) is 10.6 Å². The molecule has 0 spiro atoms. The fraction of sp³-hybridized carbons (Fsp3) is 0.222. The first-order chi connectivity index (χ1) is 11.2. The van der Waals surface area contributed by atoms with Gasteiger partial charge in [0.15, 0.2) is 5.88 Å². The van der Waals surface area contributed by atoms with Crippen LogP contribution in [0.4, 0.5) is 11.5 Å². The number of nitrogens with zero attached hydrogens (tertiary/aromatic N) is 1. The van der Waals surface area contributed by atoms with E-state index in [1.807, 2.05) is 42.5 Å². The van der Waals surface area contributed by atoms with Gasteiger partial charge in [-0.2, -0.15) is 0 Å². The maximum Gasteiger partial charge on any atom is 0.195 e. The second-order valence-corrected chi connectivity index (χ2v) is 5.60. The second-order valence-electron chi connectivity index (χ2n) is 5.60. The Kier molecular flexibility index (Phi) is 4.57. The van der Waals surface area contributed by atoms with E-state index in [-0.39, 0.29) is 11.9 Å². The molecule has 1 aromatic carbocycles. The van der Waals surface area contributed by atoms with Gasteiger partial charge in [0.05, 0.1) is 0 Å². The summed E-state index contributed by atoms with van der Waals surface area (Å²) in [5, 5.41) is 24.8. The van der Waals surface area contributed by atoms with Crippen LogP contribution in [-0.4, -0.2) is 21.8 Å². The summed E-state index contributed by atoms with van der Waals surface area (Å²) >= 11 is 0. The molecule has 1 aliphatic carbocycles. The highest BCUT2D eigenvalue weighted by molar-refractivity contribution is 5.99. The predicted octanol–water partition coefficient (Wildman–Crippen LogP) is 3.95. The van der Waals surface area contributed by atoms with Gasteiger partial charge >= 0.3 is 0 Å². The normalized spacial score (nSPS) is 20.0. The SMILES string of the molecule is N=C1CCC(Nc2ccccc2)C/C1=C(\O)Nc1ccccn1. The topological polar surface area (TPSA) is 81.0 Å². The van der Waals surface area contributed by atoms with Crippen molar-refractivity contribution in [3.63, 3.8) is 0 Å². The number of para-hydroxylation sites is 1. The van der Waals surface area contributed by atoms with E-state index in [1.165, 1.54) is 0 Å². The highest BCUT2D eigenvalue weighted by Gasteiger charge is 2.24. The van der Waals surface area contributed by atoms with E-state index in [4.69, 9.17) is 5.41 Å². The minimum absolute atomic E-state index is 0.0215. The van der Waals surface area contributed by atoms with Gasteiger partial charge in [-0.15, -0.1) is 0 Å². The number of nitrogens with one attached hydrogen (secondary N) is 3. The third-order valence-electron chi connectivity index (χ3n) is 3.90. The Labute approximate surface area is 135 Å². The molecule has 23 heavy (non-hydrogen) atoms. The highest BCUT2D eigenvalue weighted by atomic mass is 16.3. The van der Waals surface area contributed by atoms with Crippen LogP contribution in [-0.2, 0) is 0 Å². The molecular formula is C18H20N4O. The number of rotatable bonds is 4. The minimum Gasteiger partial charge on any atom is -0.494 e. The molecule has 1 saturated carbocycles. The number of aliphatic hydroxyl groups is 1. The summed E-state index contributed by atoms with van der Waals surface area (Å²) in [4.78, 5) is 4.13. The number of aliphatic hydroxyl groups excluding tert-OH is 1. The zero-order valence-electron chi connectivity index (χ0n) is 12.8. The van der Waals surface area contributed by atoms with Gasteiger partial charge in [0.1, 0.15) is 5.82 Å². The molecule has 3 rings (SSSR count). The first kappa shape index (κ1) is 15.1. The first-order valence-electron chi connectivity index (χ1n) is 7.72. The van der Waals surface area contributed by atoms with Gasteiger partial charge in [0, 0.05) is 29.2 Å². The van der Waals surface area contributed by atoms with E-state index >= 15 is 0 Å². The smallest absolute Gasteiger partial charge is 0.195 e. The van der Waals surface area contributed by atoms with Crippen molar-refractivity contribution >= 4 is 17.2 Å². The van der Waals surface area contributed by atoms with E-state index in [1.54, 1.807) is 12.3 Å². The molecule has 0 aliphatic heterocycles. The van der Waals surface area contributed by atoms with E-state index in [2.05, 4.69) is 15.6 Å². The molecule has 2 aromatic rings. The summed E-state index contributed by atoms with van der Waals surface area (Å²) in [7, 11) is 0. The van der Waals surface area contributed by atoms with E-state index in [9.17, 15) is 5.11 Å². The lowest BCUT2D eigenvalue weighted by Gasteiger charge is -2.27. The van der Waals surface area contributed by atoms with E-state index in [0.29, 0.717) is 29.9 Å². The number of pyridine rings is 1. The number of hydrogen-bond acceptors (Lipinski definition) is 5. The molecule has 5 heteroatoms. The fourth-order valence-corrected chi connectivity index (χ4v) is 2.71. The molecule has 1 aromatic heterocycles. The lowest BCUT2D eigenvalue weighted by molar-refractivity contribution is 0.408. The van der Waals surface area contributed by atoms with Gasteiger partial charge in [-0.25, -0.2) is 4.98 Å². The molecule has 0 bridgehead atoms. The molecule has 1 fully saturated rings. The maximum atomic E-state index is 10.3. The molecule has 0 radical (unpaired) electrons. The van der Waals surface area contributed by atoms with E-state index in [0.717, 1.165) is 12.1 Å². The minimum atomic E-state index is 0.0215. The van der Waals surface area contributed by atoms with Crippen molar-refractivity contribution in [1.29, 1.82) is 5.41 Å². The van der Waals surface area contributed by atoms with Crippen molar-refractivity contribution in [3.05, 3.63) is 66.2 Å². The summed E-state index contributed by atoms with van der Waals surface area (Å²) in [6, 6.07) is 15.7. The quantitative estimate of drug-likeness (QED) is 0.645. The summed E-state index contributed by atoms with van der Waals surface area (Å²) in [5.74, 6) is 0.594. The first-order valence-corrected chi connectivity index (χ1v) is 7.72. The molecule has 5 nitrogen and oxygen atoms in total. The lowest BCUT2D eigenvalue weighted by Crippen LogP contribution is -2.29. The van der Waals surface area contributed by atoms with Crippen LogP contribution in [0.1, 0.15) is 19.3 Å². The average Bonchev–Trinajstić information content (AvgIpc) is 2.58. The van der Waals surface area contributed by atoms with Gasteiger partial charge in [0.2, 0.25) is 0 Å². The Hall–Kier alpha value is -2.82. The van der Waals surface area contributed by atoms with Crippen LogP contribution >= 0.6 is 0 Å². The summed E-state index contributed by atoms with van der Waals surface area (Å²) in [6.45, 7) is 0. The van der Waals surface area contributed by atoms with Gasteiger partial charge in [0.25, 0.3) is 0 Å². The summed E-state index contributed by atoms with van der Waals surface area (Å²) in [6.07, 6.45) is 3.80. The van der Waals surface area contributed by atoms with Crippen molar-refractivity contribution in [2.45, 2.75) is 25.3 Å². The standard InChI is InChI=1S/C18H20N4O/c19-16-10-9-14(21-13-6-2-1-3-7-13)12-15(16)18(23)22-17-8-4-5-11-20-17/h1-8,11,14,19,21,23H,9-10,12H2,(H,20,22)/b18-15+,19-16?. The number of aromatic nitrogens is 1. The number of hydrogen-bond donors (Lipinski definition) is 4. The van der Waals surface area contributed by atoms with Gasteiger partial charge in [-0.1, -0.05) is 24.3 Å². The number of anilines is 2. The molecule has 118 valence electrons. The largest absolute Gasteiger partial charge is 0.494 e. The predicted molar refractivity (Wildman–Crippen MR) is 92.9 cm³/mol. The third-order valence-corrected chi connectivity index (χ3v) is 3.90. The molecule has 1 aliphatic rings. The van der Waals surface area contributed by atoms with Crippen LogP contribution in [0.15, 0.2) is 66.2 Å². The molecular weight excluding hydrogens is 288 g/mol. The van der Waals surface area contributed by atoms with Gasteiger partial charge in [-0.05, 0) is 43.5 Å². The van der Waals surface area contributed by atoms with Crippen LogP contribution in [0.25, 0.3) is 0 Å².